The first kappa shape index (κ1) is 15.8. The molecule has 0 fully saturated rings. The number of para-hydroxylation sites is 1. The highest BCUT2D eigenvalue weighted by molar-refractivity contribution is 6.07. The minimum atomic E-state index is -0.338. The van der Waals surface area contributed by atoms with Crippen molar-refractivity contribution in [2.24, 2.45) is 10.9 Å². The fourth-order valence-electron chi connectivity index (χ4n) is 1.58. The molecule has 0 aliphatic heterocycles. The van der Waals surface area contributed by atoms with Crippen LogP contribution in [-0.4, -0.2) is 37.3 Å². The summed E-state index contributed by atoms with van der Waals surface area (Å²) in [5.41, 5.74) is 6.29. The van der Waals surface area contributed by atoms with E-state index in [4.69, 9.17) is 20.4 Å². The number of ether oxygens (including phenoxy) is 2. The topological polar surface area (TPSA) is 106 Å². The number of methoxy groups -OCH3 is 1. The predicted molar refractivity (Wildman–Crippen MR) is 75.2 cm³/mol. The van der Waals surface area contributed by atoms with E-state index in [1.54, 1.807) is 18.2 Å². The normalized spacial score (nSPS) is 11.2. The Bertz CT molecular complexity index is 489. The number of hydrogen-bond acceptors (Lipinski definition) is 5. The smallest absolute Gasteiger partial charge is 0.250 e. The van der Waals surface area contributed by atoms with Gasteiger partial charge in [0.25, 0.3) is 0 Å². The van der Waals surface area contributed by atoms with Crippen LogP contribution in [0.25, 0.3) is 0 Å². The summed E-state index contributed by atoms with van der Waals surface area (Å²) in [5, 5.41) is 14.3. The lowest BCUT2D eigenvalue weighted by atomic mass is 10.1. The Labute approximate surface area is 117 Å². The maximum absolute atomic E-state index is 11.8. The maximum Gasteiger partial charge on any atom is 0.250 e. The van der Waals surface area contributed by atoms with Gasteiger partial charge in [0.15, 0.2) is 5.84 Å². The van der Waals surface area contributed by atoms with Gasteiger partial charge in [-0.2, -0.15) is 0 Å². The molecule has 7 heteroatoms. The molecule has 20 heavy (non-hydrogen) atoms. The number of amidine groups is 1. The highest BCUT2D eigenvalue weighted by atomic mass is 16.5. The van der Waals surface area contributed by atoms with E-state index >= 15 is 0 Å². The molecule has 1 rings (SSSR count). The Kier molecular flexibility index (Phi) is 6.31. The molecule has 0 aromatic heterocycles. The van der Waals surface area contributed by atoms with Crippen LogP contribution < -0.4 is 15.8 Å². The van der Waals surface area contributed by atoms with Gasteiger partial charge in [-0.3, -0.25) is 4.79 Å². The second-order valence-electron chi connectivity index (χ2n) is 3.97. The molecule has 0 aliphatic rings. The third kappa shape index (κ3) is 4.13. The van der Waals surface area contributed by atoms with Crippen molar-refractivity contribution < 1.29 is 19.5 Å². The van der Waals surface area contributed by atoms with Crippen molar-refractivity contribution in [3.05, 3.63) is 23.8 Å². The largest absolute Gasteiger partial charge is 0.495 e. The molecular weight excluding hydrogens is 262 g/mol. The molecule has 1 aromatic rings. The number of amides is 1. The Balaban J connectivity index is 2.94. The molecule has 0 atom stereocenters. The molecule has 110 valence electrons. The molecule has 4 N–H and O–H groups in total. The van der Waals surface area contributed by atoms with E-state index in [2.05, 4.69) is 10.5 Å². The van der Waals surface area contributed by atoms with Crippen molar-refractivity contribution in [3.63, 3.8) is 0 Å². The number of oxime groups is 1. The lowest BCUT2D eigenvalue weighted by Crippen LogP contribution is -2.22. The molecule has 0 heterocycles. The van der Waals surface area contributed by atoms with Crippen LogP contribution in [0.1, 0.15) is 18.9 Å². The molecule has 0 bridgehead atoms. The summed E-state index contributed by atoms with van der Waals surface area (Å²) in [5.74, 6) is -0.0402. The standard InChI is InChI=1S/C13H19N3O4/c1-3-7-20-8-11(17)15-12-9(13(14)16-18)5-4-6-10(12)19-2/h4-6,18H,3,7-8H2,1-2H3,(H2,14,16)(H,15,17). The fraction of sp³-hybridized carbons (Fsp3) is 0.385. The molecule has 1 aromatic carbocycles. The van der Waals surface area contributed by atoms with Crippen LogP contribution in [0.15, 0.2) is 23.4 Å². The van der Waals surface area contributed by atoms with Gasteiger partial charge in [0.05, 0.1) is 12.8 Å². The summed E-state index contributed by atoms with van der Waals surface area (Å²) < 4.78 is 10.3. The number of carbonyl (C=O) groups excluding carboxylic acids is 1. The number of hydrogen-bond donors (Lipinski definition) is 3. The number of nitrogens with two attached hydrogens (primary N) is 1. The zero-order valence-corrected chi connectivity index (χ0v) is 11.5. The molecule has 7 nitrogen and oxygen atoms in total. The summed E-state index contributed by atoms with van der Waals surface area (Å²) in [7, 11) is 1.47. The molecule has 0 saturated heterocycles. The van der Waals surface area contributed by atoms with E-state index in [1.165, 1.54) is 7.11 Å². The third-order valence-electron chi connectivity index (χ3n) is 2.48. The third-order valence-corrected chi connectivity index (χ3v) is 2.48. The maximum atomic E-state index is 11.8. The minimum absolute atomic E-state index is 0.0680. The number of rotatable bonds is 7. The molecule has 0 unspecified atom stereocenters. The van der Waals surface area contributed by atoms with Crippen LogP contribution in [-0.2, 0) is 9.53 Å². The summed E-state index contributed by atoms with van der Waals surface area (Å²) in [6.07, 6.45) is 0.831. The second kappa shape index (κ2) is 8.00. The number of nitrogens with zero attached hydrogens (tertiary/aromatic N) is 1. The van der Waals surface area contributed by atoms with E-state index in [0.29, 0.717) is 23.6 Å². The number of nitrogens with one attached hydrogen (secondary N) is 1. The average Bonchev–Trinajstić information content (AvgIpc) is 2.47. The lowest BCUT2D eigenvalue weighted by molar-refractivity contribution is -0.120. The van der Waals surface area contributed by atoms with Gasteiger partial charge < -0.3 is 25.7 Å². The van der Waals surface area contributed by atoms with E-state index in [0.717, 1.165) is 6.42 Å². The van der Waals surface area contributed by atoms with Crippen LogP contribution in [0, 0.1) is 0 Å². The van der Waals surface area contributed by atoms with Crippen molar-refractivity contribution in [3.8, 4) is 5.75 Å². The van der Waals surface area contributed by atoms with Crippen LogP contribution in [0.4, 0.5) is 5.69 Å². The second-order valence-corrected chi connectivity index (χ2v) is 3.97. The Morgan fingerprint density at radius 1 is 1.50 bits per heavy atom. The zero-order chi connectivity index (χ0) is 15.0. The van der Waals surface area contributed by atoms with Gasteiger partial charge in [0.1, 0.15) is 12.4 Å². The van der Waals surface area contributed by atoms with Crippen molar-refractivity contribution in [1.82, 2.24) is 0 Å². The molecule has 0 saturated carbocycles. The summed E-state index contributed by atoms with van der Waals surface area (Å²) in [6, 6.07) is 4.95. The number of benzene rings is 1. The molecule has 0 aliphatic carbocycles. The first-order valence-electron chi connectivity index (χ1n) is 6.16. The Morgan fingerprint density at radius 2 is 2.25 bits per heavy atom. The molecular formula is C13H19N3O4. The fourth-order valence-corrected chi connectivity index (χ4v) is 1.58. The van der Waals surface area contributed by atoms with E-state index < -0.39 is 0 Å². The summed E-state index contributed by atoms with van der Waals surface area (Å²) in [6.45, 7) is 2.39. The van der Waals surface area contributed by atoms with Gasteiger partial charge in [0, 0.05) is 12.2 Å². The predicted octanol–water partition coefficient (Wildman–Crippen LogP) is 1.15. The number of anilines is 1. The van der Waals surface area contributed by atoms with Crippen LogP contribution >= 0.6 is 0 Å². The van der Waals surface area contributed by atoms with Gasteiger partial charge in [0.2, 0.25) is 5.91 Å². The van der Waals surface area contributed by atoms with Gasteiger partial charge in [-0.1, -0.05) is 18.1 Å². The SMILES string of the molecule is CCCOCC(=O)Nc1c(OC)cccc1/C(N)=N/O. The monoisotopic (exact) mass is 281 g/mol. The first-order valence-corrected chi connectivity index (χ1v) is 6.16. The van der Waals surface area contributed by atoms with E-state index in [9.17, 15) is 4.79 Å². The molecule has 0 spiro atoms. The molecule has 0 radical (unpaired) electrons. The van der Waals surface area contributed by atoms with Crippen molar-refractivity contribution in [2.45, 2.75) is 13.3 Å². The van der Waals surface area contributed by atoms with E-state index in [1.807, 2.05) is 6.92 Å². The summed E-state index contributed by atoms with van der Waals surface area (Å²) >= 11 is 0. The van der Waals surface area contributed by atoms with Gasteiger partial charge in [-0.05, 0) is 18.6 Å². The lowest BCUT2D eigenvalue weighted by Gasteiger charge is -2.14. The highest BCUT2D eigenvalue weighted by Crippen LogP contribution is 2.28. The van der Waals surface area contributed by atoms with Crippen LogP contribution in [0.5, 0.6) is 5.75 Å². The zero-order valence-electron chi connectivity index (χ0n) is 11.5. The number of carbonyl (C=O) groups is 1. The Hall–Kier alpha value is -2.28. The van der Waals surface area contributed by atoms with Gasteiger partial charge in [-0.15, -0.1) is 0 Å². The van der Waals surface area contributed by atoms with Crippen LogP contribution in [0.2, 0.25) is 0 Å². The average molecular weight is 281 g/mol. The summed E-state index contributed by atoms with van der Waals surface area (Å²) in [4.78, 5) is 11.8. The van der Waals surface area contributed by atoms with Crippen LogP contribution in [0.3, 0.4) is 0 Å². The van der Waals surface area contributed by atoms with Gasteiger partial charge >= 0.3 is 0 Å². The molecule has 1 amide bonds. The van der Waals surface area contributed by atoms with Crippen molar-refractivity contribution >= 4 is 17.4 Å². The minimum Gasteiger partial charge on any atom is -0.495 e. The van der Waals surface area contributed by atoms with Gasteiger partial charge in [-0.25, -0.2) is 0 Å². The first-order chi connectivity index (χ1) is 9.63. The quantitative estimate of drug-likeness (QED) is 0.228. The highest BCUT2D eigenvalue weighted by Gasteiger charge is 2.15. The van der Waals surface area contributed by atoms with Crippen molar-refractivity contribution in [2.75, 3.05) is 25.6 Å². The van der Waals surface area contributed by atoms with E-state index in [-0.39, 0.29) is 18.3 Å². The Morgan fingerprint density at radius 3 is 2.85 bits per heavy atom. The van der Waals surface area contributed by atoms with Crippen molar-refractivity contribution in [1.29, 1.82) is 0 Å².